The van der Waals surface area contributed by atoms with Crippen molar-refractivity contribution < 1.29 is 9.53 Å². The van der Waals surface area contributed by atoms with E-state index in [0.29, 0.717) is 23.0 Å². The summed E-state index contributed by atoms with van der Waals surface area (Å²) in [4.78, 5) is 30.0. The number of carbonyl (C=O) groups excluding carboxylic acids is 1. The first-order valence-electron chi connectivity index (χ1n) is 8.18. The first kappa shape index (κ1) is 16.7. The van der Waals surface area contributed by atoms with Crippen molar-refractivity contribution in [1.82, 2.24) is 19.8 Å². The molecule has 3 heterocycles. The Hall–Kier alpha value is -2.12. The summed E-state index contributed by atoms with van der Waals surface area (Å²) in [5.41, 5.74) is 0.668. The molecule has 0 atom stereocenters. The molecule has 0 unspecified atom stereocenters. The number of aromatic amines is 1. The maximum absolute atomic E-state index is 12.7. The lowest BCUT2D eigenvalue weighted by molar-refractivity contribution is -0.00923. The third kappa shape index (κ3) is 3.09. The van der Waals surface area contributed by atoms with Crippen molar-refractivity contribution in [1.29, 1.82) is 0 Å². The molecule has 0 bridgehead atoms. The SMILES string of the molecule is Cn1cc(C(=O)NCC(C)(C)N2CCOCC2)c2cc[nH]c2c1=O. The van der Waals surface area contributed by atoms with E-state index >= 15 is 0 Å². The molecular formula is C17H24N4O3. The number of hydrogen-bond donors (Lipinski definition) is 2. The number of morpholine rings is 1. The van der Waals surface area contributed by atoms with Crippen LogP contribution in [0.25, 0.3) is 10.9 Å². The molecule has 3 rings (SSSR count). The lowest BCUT2D eigenvalue weighted by Crippen LogP contribution is -2.55. The third-order valence-electron chi connectivity index (χ3n) is 4.69. The number of rotatable bonds is 4. The van der Waals surface area contributed by atoms with Crippen LogP contribution in [0.1, 0.15) is 24.2 Å². The van der Waals surface area contributed by atoms with Crippen molar-refractivity contribution in [2.45, 2.75) is 19.4 Å². The van der Waals surface area contributed by atoms with Crippen molar-refractivity contribution in [3.8, 4) is 0 Å². The summed E-state index contributed by atoms with van der Waals surface area (Å²) >= 11 is 0. The Labute approximate surface area is 140 Å². The number of carbonyl (C=O) groups is 1. The molecule has 24 heavy (non-hydrogen) atoms. The van der Waals surface area contributed by atoms with E-state index in [9.17, 15) is 9.59 Å². The van der Waals surface area contributed by atoms with Gasteiger partial charge in [0.1, 0.15) is 5.52 Å². The fraction of sp³-hybridized carbons (Fsp3) is 0.529. The van der Waals surface area contributed by atoms with Gasteiger partial charge in [-0.1, -0.05) is 0 Å². The van der Waals surface area contributed by atoms with Crippen molar-refractivity contribution in [2.24, 2.45) is 7.05 Å². The highest BCUT2D eigenvalue weighted by Crippen LogP contribution is 2.17. The van der Waals surface area contributed by atoms with Crippen LogP contribution in [-0.4, -0.2) is 58.7 Å². The highest BCUT2D eigenvalue weighted by molar-refractivity contribution is 6.05. The molecule has 0 spiro atoms. The molecular weight excluding hydrogens is 308 g/mol. The van der Waals surface area contributed by atoms with Gasteiger partial charge in [0.15, 0.2) is 0 Å². The van der Waals surface area contributed by atoms with Crippen molar-refractivity contribution >= 4 is 16.8 Å². The Morgan fingerprint density at radius 1 is 1.38 bits per heavy atom. The van der Waals surface area contributed by atoms with Crippen molar-refractivity contribution in [3.05, 3.63) is 34.4 Å². The van der Waals surface area contributed by atoms with Gasteiger partial charge in [-0.25, -0.2) is 0 Å². The van der Waals surface area contributed by atoms with Gasteiger partial charge in [-0.2, -0.15) is 0 Å². The fourth-order valence-electron chi connectivity index (χ4n) is 3.12. The molecule has 2 N–H and O–H groups in total. The van der Waals surface area contributed by atoms with Gasteiger partial charge in [0.25, 0.3) is 11.5 Å². The first-order chi connectivity index (χ1) is 11.4. The van der Waals surface area contributed by atoms with E-state index < -0.39 is 0 Å². The zero-order valence-electron chi connectivity index (χ0n) is 14.4. The van der Waals surface area contributed by atoms with Crippen LogP contribution >= 0.6 is 0 Å². The number of aromatic nitrogens is 2. The lowest BCUT2D eigenvalue weighted by Gasteiger charge is -2.40. The second kappa shape index (κ2) is 6.41. The molecule has 0 aliphatic carbocycles. The van der Waals surface area contributed by atoms with E-state index in [1.165, 1.54) is 4.57 Å². The molecule has 7 heteroatoms. The molecule has 0 aromatic carbocycles. The summed E-state index contributed by atoms with van der Waals surface area (Å²) in [5.74, 6) is -0.170. The lowest BCUT2D eigenvalue weighted by atomic mass is 10.0. The van der Waals surface area contributed by atoms with Crippen LogP contribution in [-0.2, 0) is 11.8 Å². The van der Waals surface area contributed by atoms with Crippen LogP contribution in [0.5, 0.6) is 0 Å². The van der Waals surface area contributed by atoms with E-state index in [4.69, 9.17) is 4.74 Å². The Morgan fingerprint density at radius 3 is 2.79 bits per heavy atom. The fourth-order valence-corrected chi connectivity index (χ4v) is 3.12. The van der Waals surface area contributed by atoms with Crippen LogP contribution in [0.2, 0.25) is 0 Å². The average Bonchev–Trinajstić information content (AvgIpc) is 3.07. The van der Waals surface area contributed by atoms with Crippen LogP contribution in [0, 0.1) is 0 Å². The van der Waals surface area contributed by atoms with Crippen LogP contribution in [0.3, 0.4) is 0 Å². The molecule has 2 aromatic rings. The summed E-state index contributed by atoms with van der Waals surface area (Å²) in [6.45, 7) is 7.94. The predicted molar refractivity (Wildman–Crippen MR) is 92.3 cm³/mol. The molecule has 1 aliphatic rings. The number of nitrogens with zero attached hydrogens (tertiary/aromatic N) is 2. The molecule has 1 aliphatic heterocycles. The summed E-state index contributed by atoms with van der Waals surface area (Å²) < 4.78 is 6.82. The molecule has 7 nitrogen and oxygen atoms in total. The number of amides is 1. The zero-order valence-corrected chi connectivity index (χ0v) is 14.4. The number of aryl methyl sites for hydroxylation is 1. The van der Waals surface area contributed by atoms with Gasteiger partial charge in [-0.15, -0.1) is 0 Å². The molecule has 1 fully saturated rings. The predicted octanol–water partition coefficient (Wildman–Crippen LogP) is 0.707. The molecule has 0 radical (unpaired) electrons. The smallest absolute Gasteiger partial charge is 0.274 e. The Bertz CT molecular complexity index is 800. The van der Waals surface area contributed by atoms with E-state index in [1.54, 1.807) is 25.5 Å². The van der Waals surface area contributed by atoms with Gasteiger partial charge >= 0.3 is 0 Å². The first-order valence-corrected chi connectivity index (χ1v) is 8.18. The second-order valence-corrected chi connectivity index (χ2v) is 6.82. The maximum Gasteiger partial charge on any atom is 0.274 e. The van der Waals surface area contributed by atoms with E-state index in [0.717, 1.165) is 26.3 Å². The monoisotopic (exact) mass is 332 g/mol. The largest absolute Gasteiger partial charge is 0.379 e. The van der Waals surface area contributed by atoms with Crippen LogP contribution in [0.4, 0.5) is 0 Å². The Morgan fingerprint density at radius 2 is 2.08 bits per heavy atom. The topological polar surface area (TPSA) is 79.4 Å². The molecule has 2 aromatic heterocycles. The summed E-state index contributed by atoms with van der Waals surface area (Å²) in [7, 11) is 1.65. The van der Waals surface area contributed by atoms with Crippen LogP contribution < -0.4 is 10.9 Å². The van der Waals surface area contributed by atoms with E-state index in [-0.39, 0.29) is 17.0 Å². The van der Waals surface area contributed by atoms with E-state index in [1.807, 2.05) is 0 Å². The quantitative estimate of drug-likeness (QED) is 0.864. The molecule has 130 valence electrons. The van der Waals surface area contributed by atoms with Gasteiger partial charge in [-0.05, 0) is 19.9 Å². The molecule has 0 saturated carbocycles. The number of nitrogens with one attached hydrogen (secondary N) is 2. The number of fused-ring (bicyclic) bond motifs is 1. The zero-order chi connectivity index (χ0) is 17.3. The third-order valence-corrected chi connectivity index (χ3v) is 4.69. The van der Waals surface area contributed by atoms with Gasteiger partial charge in [-0.3, -0.25) is 14.5 Å². The number of hydrogen-bond acceptors (Lipinski definition) is 4. The normalized spacial score (nSPS) is 16.5. The van der Waals surface area contributed by atoms with Crippen LogP contribution in [0.15, 0.2) is 23.3 Å². The Balaban J connectivity index is 1.77. The summed E-state index contributed by atoms with van der Waals surface area (Å²) in [6, 6.07) is 1.76. The minimum atomic E-state index is -0.170. The maximum atomic E-state index is 12.7. The highest BCUT2D eigenvalue weighted by atomic mass is 16.5. The number of H-pyrrole nitrogens is 1. The van der Waals surface area contributed by atoms with Gasteiger partial charge in [0.2, 0.25) is 0 Å². The number of pyridine rings is 1. The van der Waals surface area contributed by atoms with E-state index in [2.05, 4.69) is 29.0 Å². The number of ether oxygens (including phenoxy) is 1. The van der Waals surface area contributed by atoms with Gasteiger partial charge in [0, 0.05) is 50.0 Å². The molecule has 1 amide bonds. The molecule has 1 saturated heterocycles. The van der Waals surface area contributed by atoms with Gasteiger partial charge < -0.3 is 19.6 Å². The standard InChI is InChI=1S/C17H24N4O3/c1-17(2,21-6-8-24-9-7-21)11-19-15(22)13-10-20(3)16(23)14-12(13)4-5-18-14/h4-5,10,18H,6-9,11H2,1-3H3,(H,19,22). The minimum absolute atomic E-state index is 0.139. The summed E-state index contributed by atoms with van der Waals surface area (Å²) in [6.07, 6.45) is 3.27. The highest BCUT2D eigenvalue weighted by Gasteiger charge is 2.29. The average molecular weight is 332 g/mol. The van der Waals surface area contributed by atoms with Crippen molar-refractivity contribution in [2.75, 3.05) is 32.8 Å². The summed E-state index contributed by atoms with van der Waals surface area (Å²) in [5, 5.41) is 3.67. The minimum Gasteiger partial charge on any atom is -0.379 e. The Kier molecular flexibility index (Phi) is 4.47. The van der Waals surface area contributed by atoms with Gasteiger partial charge in [0.05, 0.1) is 18.8 Å². The second-order valence-electron chi connectivity index (χ2n) is 6.82. The van der Waals surface area contributed by atoms with Crippen molar-refractivity contribution in [3.63, 3.8) is 0 Å².